The number of hydrogen-bond acceptors (Lipinski definition) is 7. The molecule has 2 aliphatic rings. The number of anilines is 1. The molecular formula is C21H24F2N8O2. The van der Waals surface area contributed by atoms with Crippen LogP contribution < -0.4 is 10.6 Å². The molecule has 3 aromatic heterocycles. The minimum atomic E-state index is -0.591. The maximum absolute atomic E-state index is 14.5. The predicted octanol–water partition coefficient (Wildman–Crippen LogP) is 2.46. The van der Waals surface area contributed by atoms with Crippen LogP contribution in [-0.4, -0.2) is 74.5 Å². The molecule has 2 unspecified atom stereocenters. The summed E-state index contributed by atoms with van der Waals surface area (Å²) in [6.07, 6.45) is 5.38. The molecule has 174 valence electrons. The third-order valence-corrected chi connectivity index (χ3v) is 5.98. The van der Waals surface area contributed by atoms with Crippen molar-refractivity contribution in [1.82, 2.24) is 35.4 Å². The van der Waals surface area contributed by atoms with Crippen molar-refractivity contribution < 1.29 is 18.3 Å². The lowest BCUT2D eigenvalue weighted by molar-refractivity contribution is 0.0521. The molecule has 0 spiro atoms. The molecule has 12 heteroatoms. The lowest BCUT2D eigenvalue weighted by Crippen LogP contribution is -2.51. The second-order valence-corrected chi connectivity index (χ2v) is 8.27. The average Bonchev–Trinajstić information content (AvgIpc) is 3.24. The van der Waals surface area contributed by atoms with Crippen LogP contribution in [0.15, 0.2) is 18.5 Å². The lowest BCUT2D eigenvalue weighted by atomic mass is 9.91. The summed E-state index contributed by atoms with van der Waals surface area (Å²) in [7, 11) is 0. The van der Waals surface area contributed by atoms with Gasteiger partial charge in [0.15, 0.2) is 23.1 Å². The third kappa shape index (κ3) is 4.70. The highest BCUT2D eigenvalue weighted by atomic mass is 19.1. The Morgan fingerprint density at radius 1 is 1.15 bits per heavy atom. The number of rotatable bonds is 4. The number of amides is 2. The number of pyridine rings is 1. The maximum Gasteiger partial charge on any atom is 0.317 e. The molecule has 0 radical (unpaired) electrons. The van der Waals surface area contributed by atoms with Crippen LogP contribution in [0.4, 0.5) is 19.4 Å². The van der Waals surface area contributed by atoms with Crippen molar-refractivity contribution in [1.29, 1.82) is 0 Å². The smallest absolute Gasteiger partial charge is 0.317 e. The van der Waals surface area contributed by atoms with Crippen LogP contribution in [0.5, 0.6) is 0 Å². The van der Waals surface area contributed by atoms with Gasteiger partial charge in [-0.1, -0.05) is 0 Å². The Bertz CT molecular complexity index is 1150. The first-order chi connectivity index (χ1) is 16.1. The second kappa shape index (κ2) is 9.22. The Labute approximate surface area is 188 Å². The first-order valence-electron chi connectivity index (χ1n) is 11.0. The van der Waals surface area contributed by atoms with Crippen molar-refractivity contribution in [2.45, 2.75) is 37.8 Å². The van der Waals surface area contributed by atoms with Crippen LogP contribution in [0.2, 0.25) is 0 Å². The van der Waals surface area contributed by atoms with Crippen LogP contribution in [0.1, 0.15) is 25.7 Å². The van der Waals surface area contributed by atoms with Crippen molar-refractivity contribution in [3.8, 4) is 11.5 Å². The van der Waals surface area contributed by atoms with E-state index >= 15 is 0 Å². The van der Waals surface area contributed by atoms with Gasteiger partial charge in [-0.15, -0.1) is 0 Å². The van der Waals surface area contributed by atoms with Crippen LogP contribution in [0.3, 0.4) is 0 Å². The number of morpholine rings is 1. The number of carbonyl (C=O) groups excluding carboxylic acids is 1. The van der Waals surface area contributed by atoms with Gasteiger partial charge in [0.2, 0.25) is 0 Å². The molecule has 0 bridgehead atoms. The van der Waals surface area contributed by atoms with Gasteiger partial charge >= 0.3 is 6.03 Å². The SMILES string of the molecule is O=C(NC1CCCC(Nc2nc(-c3[nH]nc4ncc(F)cc34)ncc2F)C1)N1CCOCC1. The van der Waals surface area contributed by atoms with E-state index in [0.29, 0.717) is 49.5 Å². The van der Waals surface area contributed by atoms with Gasteiger partial charge in [0.1, 0.15) is 11.5 Å². The van der Waals surface area contributed by atoms with E-state index in [1.807, 2.05) is 0 Å². The molecule has 3 aromatic rings. The number of nitrogens with one attached hydrogen (secondary N) is 3. The number of nitrogens with zero attached hydrogens (tertiary/aromatic N) is 5. The normalized spacial score (nSPS) is 21.2. The highest BCUT2D eigenvalue weighted by Crippen LogP contribution is 2.27. The van der Waals surface area contributed by atoms with E-state index in [1.54, 1.807) is 4.90 Å². The molecule has 2 amide bonds. The van der Waals surface area contributed by atoms with E-state index < -0.39 is 11.6 Å². The summed E-state index contributed by atoms with van der Waals surface area (Å²) in [4.78, 5) is 26.5. The van der Waals surface area contributed by atoms with Gasteiger partial charge in [-0.2, -0.15) is 5.10 Å². The van der Waals surface area contributed by atoms with Gasteiger partial charge in [-0.25, -0.2) is 28.5 Å². The molecule has 1 saturated carbocycles. The van der Waals surface area contributed by atoms with Gasteiger partial charge in [0.05, 0.1) is 31.0 Å². The fourth-order valence-corrected chi connectivity index (χ4v) is 4.31. The first-order valence-corrected chi connectivity index (χ1v) is 11.0. The summed E-state index contributed by atoms with van der Waals surface area (Å²) in [5, 5.41) is 13.4. The zero-order valence-corrected chi connectivity index (χ0v) is 17.9. The number of hydrogen-bond donors (Lipinski definition) is 3. The largest absolute Gasteiger partial charge is 0.378 e. The van der Waals surface area contributed by atoms with Gasteiger partial charge in [0.25, 0.3) is 0 Å². The van der Waals surface area contributed by atoms with E-state index in [-0.39, 0.29) is 29.8 Å². The van der Waals surface area contributed by atoms with E-state index in [9.17, 15) is 13.6 Å². The van der Waals surface area contributed by atoms with E-state index in [4.69, 9.17) is 4.74 Å². The Kier molecular flexibility index (Phi) is 5.99. The fourth-order valence-electron chi connectivity index (χ4n) is 4.31. The number of ether oxygens (including phenoxy) is 1. The lowest BCUT2D eigenvalue weighted by Gasteiger charge is -2.33. The zero-order valence-electron chi connectivity index (χ0n) is 17.9. The zero-order chi connectivity index (χ0) is 22.8. The number of H-pyrrole nitrogens is 1. The molecule has 4 heterocycles. The van der Waals surface area contributed by atoms with Crippen molar-refractivity contribution in [2.75, 3.05) is 31.6 Å². The number of halogens is 2. The molecule has 1 aliphatic heterocycles. The molecular weight excluding hydrogens is 434 g/mol. The van der Waals surface area contributed by atoms with Crippen LogP contribution >= 0.6 is 0 Å². The summed E-state index contributed by atoms with van der Waals surface area (Å²) >= 11 is 0. The average molecular weight is 458 g/mol. The van der Waals surface area contributed by atoms with E-state index in [2.05, 4.69) is 35.8 Å². The molecule has 33 heavy (non-hydrogen) atoms. The van der Waals surface area contributed by atoms with Crippen LogP contribution in [0, 0.1) is 11.6 Å². The standard InChI is InChI=1S/C21H24F2N8O2/c22-12-8-15-17(29-30-18(15)24-10-12)20-25-11-16(23)19(28-20)26-13-2-1-3-14(9-13)27-21(32)31-4-6-33-7-5-31/h8,10-11,13-14H,1-7,9H2,(H,27,32)(H,24,29,30)(H,25,26,28). The molecule has 0 aromatic carbocycles. The second-order valence-electron chi connectivity index (χ2n) is 8.27. The Morgan fingerprint density at radius 3 is 2.82 bits per heavy atom. The van der Waals surface area contributed by atoms with Crippen molar-refractivity contribution >= 4 is 22.9 Å². The molecule has 5 rings (SSSR count). The van der Waals surface area contributed by atoms with E-state index in [0.717, 1.165) is 31.7 Å². The van der Waals surface area contributed by atoms with Crippen LogP contribution in [-0.2, 0) is 4.74 Å². The van der Waals surface area contributed by atoms with Gasteiger partial charge in [-0.05, 0) is 31.7 Å². The van der Waals surface area contributed by atoms with Gasteiger partial charge in [0, 0.05) is 25.2 Å². The minimum absolute atomic E-state index is 0.0124. The number of carbonyl (C=O) groups is 1. The van der Waals surface area contributed by atoms with Crippen molar-refractivity contribution in [2.24, 2.45) is 0 Å². The van der Waals surface area contributed by atoms with E-state index in [1.165, 1.54) is 6.07 Å². The van der Waals surface area contributed by atoms with Crippen LogP contribution in [0.25, 0.3) is 22.6 Å². The maximum atomic E-state index is 14.5. The number of aromatic amines is 1. The van der Waals surface area contributed by atoms with Gasteiger partial charge < -0.3 is 20.3 Å². The predicted molar refractivity (Wildman–Crippen MR) is 115 cm³/mol. The van der Waals surface area contributed by atoms with Crippen molar-refractivity contribution in [3.63, 3.8) is 0 Å². The Hall–Kier alpha value is -3.41. The minimum Gasteiger partial charge on any atom is -0.378 e. The highest BCUT2D eigenvalue weighted by Gasteiger charge is 2.27. The molecule has 1 saturated heterocycles. The molecule has 10 nitrogen and oxygen atoms in total. The molecule has 3 N–H and O–H groups in total. The monoisotopic (exact) mass is 458 g/mol. The summed E-state index contributed by atoms with van der Waals surface area (Å²) in [6.45, 7) is 2.26. The summed E-state index contributed by atoms with van der Waals surface area (Å²) in [5.41, 5.74) is 0.680. The summed E-state index contributed by atoms with van der Waals surface area (Å²) in [5.74, 6) is -0.872. The fraction of sp³-hybridized carbons (Fsp3) is 0.476. The first kappa shape index (κ1) is 21.4. The summed E-state index contributed by atoms with van der Waals surface area (Å²) in [6, 6.07) is 1.11. The number of aromatic nitrogens is 5. The Balaban J connectivity index is 1.28. The topological polar surface area (TPSA) is 121 Å². The third-order valence-electron chi connectivity index (χ3n) is 5.98. The molecule has 2 atom stereocenters. The molecule has 2 fully saturated rings. The molecule has 1 aliphatic carbocycles. The quantitative estimate of drug-likeness (QED) is 0.549. The number of urea groups is 1. The van der Waals surface area contributed by atoms with Gasteiger partial charge in [-0.3, -0.25) is 5.10 Å². The number of fused-ring (bicyclic) bond motifs is 1. The Morgan fingerprint density at radius 2 is 1.97 bits per heavy atom. The van der Waals surface area contributed by atoms with Crippen molar-refractivity contribution in [3.05, 3.63) is 30.1 Å². The summed E-state index contributed by atoms with van der Waals surface area (Å²) < 4.78 is 33.5. The highest BCUT2D eigenvalue weighted by molar-refractivity contribution is 5.88.